The molecule has 172 valence electrons. The second-order valence-electron chi connectivity index (χ2n) is 7.59. The second kappa shape index (κ2) is 10.8. The average molecular weight is 479 g/mol. The lowest BCUT2D eigenvalue weighted by molar-refractivity contribution is -0.129. The molecule has 1 aliphatic rings. The Hall–Kier alpha value is -2.57. The Morgan fingerprint density at radius 3 is 2.38 bits per heavy atom. The highest BCUT2D eigenvalue weighted by atomic mass is 35.5. The molecule has 0 fully saturated rings. The van der Waals surface area contributed by atoms with E-state index in [1.807, 2.05) is 51.1 Å². The van der Waals surface area contributed by atoms with Crippen molar-refractivity contribution in [3.05, 3.63) is 64.7 Å². The van der Waals surface area contributed by atoms with Crippen molar-refractivity contribution >= 4 is 46.8 Å². The first-order chi connectivity index (χ1) is 15.1. The Morgan fingerprint density at radius 2 is 1.78 bits per heavy atom. The molecule has 0 spiro atoms. The summed E-state index contributed by atoms with van der Waals surface area (Å²) in [4.78, 5) is 37.7. The second-order valence-corrected chi connectivity index (χ2v) is 8.97. The van der Waals surface area contributed by atoms with E-state index < -0.39 is 28.9 Å². The molecule has 32 heavy (non-hydrogen) atoms. The summed E-state index contributed by atoms with van der Waals surface area (Å²) in [5, 5.41) is 2.57. The first-order valence-corrected chi connectivity index (χ1v) is 11.2. The van der Waals surface area contributed by atoms with Gasteiger partial charge in [0.2, 0.25) is 5.91 Å². The third-order valence-corrected chi connectivity index (χ3v) is 5.31. The van der Waals surface area contributed by atoms with Gasteiger partial charge in [-0.1, -0.05) is 61.8 Å². The molecule has 0 radical (unpaired) electrons. The van der Waals surface area contributed by atoms with Crippen LogP contribution in [-0.2, 0) is 20.7 Å². The number of ether oxygens (including phenoxy) is 1. The van der Waals surface area contributed by atoms with Crippen LogP contribution in [0.15, 0.2) is 48.5 Å². The molecule has 1 N–H and O–H groups in total. The molecule has 0 saturated heterocycles. The van der Waals surface area contributed by atoms with Crippen molar-refractivity contribution in [1.82, 2.24) is 5.32 Å². The number of rotatable bonds is 4. The van der Waals surface area contributed by atoms with Gasteiger partial charge in [0, 0.05) is 17.1 Å². The molecule has 6 nitrogen and oxygen atoms in total. The minimum absolute atomic E-state index is 0.176. The maximum atomic E-state index is 13.3. The van der Waals surface area contributed by atoms with Gasteiger partial charge in [-0.3, -0.25) is 14.9 Å². The molecule has 0 aromatic heterocycles. The number of carbonyl (C=O) groups is 3. The van der Waals surface area contributed by atoms with Gasteiger partial charge in [0.1, 0.15) is 4.87 Å². The first kappa shape index (κ1) is 25.7. The summed E-state index contributed by atoms with van der Waals surface area (Å²) in [7, 11) is 0. The highest BCUT2D eigenvalue weighted by Crippen LogP contribution is 2.37. The monoisotopic (exact) mass is 478 g/mol. The number of benzene rings is 2. The standard InChI is InChI=1S/C22H22Cl2N2O4.C2H6/c1-13(14-7-5-4-6-8-14)26-17-12-16(23)10-9-15(17)11-18(19(26)27)30-21(29)25-20(28)22(2,3)24;1-2/h4-10,12-13,18H,11H2,1-3H3,(H,25,28,29);1-2H3/t13-,18?;/m0./s1. The number of hydrogen-bond acceptors (Lipinski definition) is 4. The van der Waals surface area contributed by atoms with Gasteiger partial charge in [-0.15, -0.1) is 11.6 Å². The molecule has 3 rings (SSSR count). The maximum absolute atomic E-state index is 13.3. The molecule has 2 aromatic carbocycles. The van der Waals surface area contributed by atoms with Crippen LogP contribution in [0.3, 0.4) is 0 Å². The molecule has 0 saturated carbocycles. The zero-order valence-electron chi connectivity index (χ0n) is 18.8. The van der Waals surface area contributed by atoms with Crippen molar-refractivity contribution < 1.29 is 19.1 Å². The normalized spacial score (nSPS) is 16.3. The topological polar surface area (TPSA) is 75.7 Å². The molecule has 2 atom stereocenters. The molecule has 3 amide bonds. The molecule has 0 aliphatic carbocycles. The van der Waals surface area contributed by atoms with Gasteiger partial charge in [0.05, 0.1) is 6.04 Å². The Labute approximate surface area is 198 Å². The van der Waals surface area contributed by atoms with E-state index in [0.29, 0.717) is 10.7 Å². The predicted molar refractivity (Wildman–Crippen MR) is 127 cm³/mol. The van der Waals surface area contributed by atoms with Gasteiger partial charge >= 0.3 is 6.09 Å². The largest absolute Gasteiger partial charge is 0.435 e. The van der Waals surface area contributed by atoms with Crippen LogP contribution in [0.1, 0.15) is 51.8 Å². The number of imide groups is 1. The van der Waals surface area contributed by atoms with Gasteiger partial charge in [-0.05, 0) is 44.0 Å². The average Bonchev–Trinajstić information content (AvgIpc) is 2.75. The molecule has 2 aromatic rings. The summed E-state index contributed by atoms with van der Waals surface area (Å²) in [6.45, 7) is 8.79. The zero-order valence-corrected chi connectivity index (χ0v) is 20.3. The van der Waals surface area contributed by atoms with E-state index in [1.165, 1.54) is 13.8 Å². The minimum atomic E-state index is -1.28. The number of nitrogens with zero attached hydrogens (tertiary/aromatic N) is 1. The van der Waals surface area contributed by atoms with E-state index in [1.54, 1.807) is 23.1 Å². The van der Waals surface area contributed by atoms with E-state index in [0.717, 1.165) is 11.1 Å². The van der Waals surface area contributed by atoms with Gasteiger partial charge in [-0.2, -0.15) is 0 Å². The fourth-order valence-electron chi connectivity index (χ4n) is 3.27. The Morgan fingerprint density at radius 1 is 1.16 bits per heavy atom. The predicted octanol–water partition coefficient (Wildman–Crippen LogP) is 5.66. The lowest BCUT2D eigenvalue weighted by Crippen LogP contribution is -2.50. The SMILES string of the molecule is CC.C[C@@H](c1ccccc1)N1C(=O)C(OC(=O)NC(=O)C(C)(C)Cl)Cc2ccc(Cl)cc21. The van der Waals surface area contributed by atoms with Crippen molar-refractivity contribution in [3.8, 4) is 0 Å². The zero-order chi connectivity index (χ0) is 24.1. The van der Waals surface area contributed by atoms with Gasteiger partial charge < -0.3 is 9.64 Å². The van der Waals surface area contributed by atoms with Crippen LogP contribution < -0.4 is 10.2 Å². The van der Waals surface area contributed by atoms with Gasteiger partial charge in [0.25, 0.3) is 5.91 Å². The van der Waals surface area contributed by atoms with Gasteiger partial charge in [0.15, 0.2) is 6.10 Å². The van der Waals surface area contributed by atoms with E-state index in [2.05, 4.69) is 5.32 Å². The summed E-state index contributed by atoms with van der Waals surface area (Å²) in [6.07, 6.45) is -1.93. The number of fused-ring (bicyclic) bond motifs is 1. The van der Waals surface area contributed by atoms with Gasteiger partial charge in [-0.25, -0.2) is 4.79 Å². The Bertz CT molecular complexity index is 974. The van der Waals surface area contributed by atoms with E-state index >= 15 is 0 Å². The number of halogens is 2. The molecular formula is C24H28Cl2N2O4. The van der Waals surface area contributed by atoms with E-state index in [4.69, 9.17) is 27.9 Å². The Balaban J connectivity index is 0.00000176. The third-order valence-electron chi connectivity index (χ3n) is 4.90. The van der Waals surface area contributed by atoms with Crippen LogP contribution in [0.4, 0.5) is 10.5 Å². The summed E-state index contributed by atoms with van der Waals surface area (Å²) >= 11 is 12.1. The summed E-state index contributed by atoms with van der Waals surface area (Å²) in [6, 6.07) is 14.4. The third kappa shape index (κ3) is 6.02. The van der Waals surface area contributed by atoms with Crippen molar-refractivity contribution in [2.24, 2.45) is 0 Å². The number of hydrogen-bond donors (Lipinski definition) is 1. The first-order valence-electron chi connectivity index (χ1n) is 10.5. The number of anilines is 1. The fraction of sp³-hybridized carbons (Fsp3) is 0.375. The van der Waals surface area contributed by atoms with Crippen LogP contribution in [0.2, 0.25) is 5.02 Å². The minimum Gasteiger partial charge on any atom is -0.435 e. The van der Waals surface area contributed by atoms with Crippen LogP contribution >= 0.6 is 23.2 Å². The van der Waals surface area contributed by atoms with Crippen molar-refractivity contribution in [1.29, 1.82) is 0 Å². The fourth-order valence-corrected chi connectivity index (χ4v) is 3.48. The van der Waals surface area contributed by atoms with Crippen LogP contribution in [0.5, 0.6) is 0 Å². The summed E-state index contributed by atoms with van der Waals surface area (Å²) in [5.74, 6) is -1.10. The van der Waals surface area contributed by atoms with Crippen molar-refractivity contribution in [2.45, 2.75) is 58.1 Å². The summed E-state index contributed by atoms with van der Waals surface area (Å²) < 4.78 is 5.32. The number of carbonyl (C=O) groups excluding carboxylic acids is 3. The number of alkyl halides is 1. The van der Waals surface area contributed by atoms with E-state index in [-0.39, 0.29) is 12.5 Å². The van der Waals surface area contributed by atoms with E-state index in [9.17, 15) is 14.4 Å². The lowest BCUT2D eigenvalue weighted by Gasteiger charge is -2.38. The molecule has 1 aliphatic heterocycles. The Kier molecular flexibility index (Phi) is 8.70. The highest BCUT2D eigenvalue weighted by Gasteiger charge is 2.39. The number of nitrogens with one attached hydrogen (secondary N) is 1. The quantitative estimate of drug-likeness (QED) is 0.575. The molecule has 0 bridgehead atoms. The van der Waals surface area contributed by atoms with Crippen LogP contribution in [0.25, 0.3) is 0 Å². The molecule has 8 heteroatoms. The van der Waals surface area contributed by atoms with Crippen molar-refractivity contribution in [2.75, 3.05) is 4.90 Å². The van der Waals surface area contributed by atoms with Crippen LogP contribution in [0, 0.1) is 0 Å². The molecular weight excluding hydrogens is 451 g/mol. The number of amides is 3. The maximum Gasteiger partial charge on any atom is 0.414 e. The number of alkyl carbamates (subject to hydrolysis) is 1. The van der Waals surface area contributed by atoms with Crippen LogP contribution in [-0.4, -0.2) is 28.9 Å². The molecule has 1 heterocycles. The summed E-state index contributed by atoms with van der Waals surface area (Å²) in [5.41, 5.74) is 2.40. The lowest BCUT2D eigenvalue weighted by atomic mass is 9.95. The van der Waals surface area contributed by atoms with Crippen molar-refractivity contribution in [3.63, 3.8) is 0 Å². The highest BCUT2D eigenvalue weighted by molar-refractivity contribution is 6.35. The molecule has 1 unspecified atom stereocenters. The smallest absolute Gasteiger partial charge is 0.414 e.